The van der Waals surface area contributed by atoms with Gasteiger partial charge in [-0.25, -0.2) is 9.97 Å². The molecule has 0 aliphatic heterocycles. The summed E-state index contributed by atoms with van der Waals surface area (Å²) in [6.45, 7) is 3.99. The molecule has 5 nitrogen and oxygen atoms in total. The Balaban J connectivity index is 1.87. The van der Waals surface area contributed by atoms with Crippen LogP contribution in [0.2, 0.25) is 0 Å². The minimum atomic E-state index is 0.0811. The summed E-state index contributed by atoms with van der Waals surface area (Å²) in [4.78, 5) is 9.09. The Morgan fingerprint density at radius 1 is 0.885 bits per heavy atom. The highest BCUT2D eigenvalue weighted by molar-refractivity contribution is 5.64. The molecule has 0 saturated heterocycles. The molecule has 2 aromatic carbocycles. The molecule has 1 heterocycles. The molecule has 3 rings (SSSR count). The molecule has 1 atom stereocenters. The van der Waals surface area contributed by atoms with E-state index in [1.807, 2.05) is 55.5 Å². The van der Waals surface area contributed by atoms with Gasteiger partial charge in [-0.15, -0.1) is 0 Å². The fraction of sp³-hybridized carbons (Fsp3) is 0.238. The Hall–Kier alpha value is -3.08. The Morgan fingerprint density at radius 3 is 2.31 bits per heavy atom. The van der Waals surface area contributed by atoms with Crippen molar-refractivity contribution >= 4 is 5.82 Å². The van der Waals surface area contributed by atoms with Gasteiger partial charge >= 0.3 is 0 Å². The van der Waals surface area contributed by atoms with Crippen LogP contribution < -0.4 is 14.8 Å². The molecular formula is C21H23N3O2. The van der Waals surface area contributed by atoms with E-state index < -0.39 is 0 Å². The molecule has 5 heteroatoms. The lowest BCUT2D eigenvalue weighted by atomic mass is 10.1. The van der Waals surface area contributed by atoms with Gasteiger partial charge in [-0.2, -0.15) is 0 Å². The number of methoxy groups -OCH3 is 2. The SMILES string of the molecule is COc1cccc(-c2cc(N[C@@H](C)c3cccc(OC)c3)nc(C)n2)c1. The van der Waals surface area contributed by atoms with Gasteiger partial charge in [-0.05, 0) is 43.7 Å². The van der Waals surface area contributed by atoms with E-state index in [0.29, 0.717) is 5.82 Å². The molecule has 0 radical (unpaired) electrons. The van der Waals surface area contributed by atoms with Gasteiger partial charge < -0.3 is 14.8 Å². The van der Waals surface area contributed by atoms with E-state index in [1.165, 1.54) is 0 Å². The number of hydrogen-bond acceptors (Lipinski definition) is 5. The molecule has 26 heavy (non-hydrogen) atoms. The zero-order valence-electron chi connectivity index (χ0n) is 15.5. The minimum absolute atomic E-state index is 0.0811. The molecule has 0 fully saturated rings. The van der Waals surface area contributed by atoms with Crippen LogP contribution in [0.5, 0.6) is 11.5 Å². The second-order valence-corrected chi connectivity index (χ2v) is 6.06. The van der Waals surface area contributed by atoms with E-state index in [9.17, 15) is 0 Å². The maximum Gasteiger partial charge on any atom is 0.130 e. The van der Waals surface area contributed by atoms with Crippen LogP contribution in [0.25, 0.3) is 11.3 Å². The number of anilines is 1. The Labute approximate surface area is 154 Å². The number of nitrogens with zero attached hydrogens (tertiary/aromatic N) is 2. The fourth-order valence-corrected chi connectivity index (χ4v) is 2.79. The van der Waals surface area contributed by atoms with Gasteiger partial charge in [-0.3, -0.25) is 0 Å². The molecule has 3 aromatic rings. The highest BCUT2D eigenvalue weighted by Gasteiger charge is 2.10. The number of benzene rings is 2. The summed E-state index contributed by atoms with van der Waals surface area (Å²) in [6, 6.07) is 17.9. The third-order valence-corrected chi connectivity index (χ3v) is 4.16. The van der Waals surface area contributed by atoms with Crippen molar-refractivity contribution in [3.8, 4) is 22.8 Å². The van der Waals surface area contributed by atoms with Gasteiger partial charge in [0, 0.05) is 11.6 Å². The summed E-state index contributed by atoms with van der Waals surface area (Å²) in [5.41, 5.74) is 2.98. The molecule has 0 saturated carbocycles. The van der Waals surface area contributed by atoms with E-state index in [4.69, 9.17) is 9.47 Å². The van der Waals surface area contributed by atoms with Gasteiger partial charge in [0.15, 0.2) is 0 Å². The van der Waals surface area contributed by atoms with Gasteiger partial charge in [0.2, 0.25) is 0 Å². The lowest BCUT2D eigenvalue weighted by molar-refractivity contribution is 0.414. The van der Waals surface area contributed by atoms with Crippen molar-refractivity contribution in [3.63, 3.8) is 0 Å². The summed E-state index contributed by atoms with van der Waals surface area (Å²) in [6.07, 6.45) is 0. The number of rotatable bonds is 6. The summed E-state index contributed by atoms with van der Waals surface area (Å²) >= 11 is 0. The van der Waals surface area contributed by atoms with Crippen molar-refractivity contribution in [2.24, 2.45) is 0 Å². The van der Waals surface area contributed by atoms with Crippen molar-refractivity contribution in [1.82, 2.24) is 9.97 Å². The van der Waals surface area contributed by atoms with Crippen LogP contribution in [0.15, 0.2) is 54.6 Å². The van der Waals surface area contributed by atoms with Crippen molar-refractivity contribution in [1.29, 1.82) is 0 Å². The number of aromatic nitrogens is 2. The van der Waals surface area contributed by atoms with E-state index in [0.717, 1.165) is 34.1 Å². The summed E-state index contributed by atoms with van der Waals surface area (Å²) < 4.78 is 10.6. The summed E-state index contributed by atoms with van der Waals surface area (Å²) in [7, 11) is 3.33. The standard InChI is InChI=1S/C21H23N3O2/c1-14(16-7-5-9-18(11-16)25-3)22-21-13-20(23-15(2)24-21)17-8-6-10-19(12-17)26-4/h5-14H,1-4H3,(H,22,23,24)/t14-/m0/s1. The third kappa shape index (κ3) is 4.11. The molecule has 0 bridgehead atoms. The molecule has 0 aliphatic carbocycles. The second-order valence-electron chi connectivity index (χ2n) is 6.06. The predicted molar refractivity (Wildman–Crippen MR) is 104 cm³/mol. The van der Waals surface area contributed by atoms with Crippen LogP contribution in [0.4, 0.5) is 5.82 Å². The third-order valence-electron chi connectivity index (χ3n) is 4.16. The molecule has 0 amide bonds. The second kappa shape index (κ2) is 7.87. The number of ether oxygens (including phenoxy) is 2. The van der Waals surface area contributed by atoms with Crippen LogP contribution >= 0.6 is 0 Å². The average Bonchev–Trinajstić information content (AvgIpc) is 2.67. The van der Waals surface area contributed by atoms with Crippen LogP contribution in [-0.2, 0) is 0 Å². The summed E-state index contributed by atoms with van der Waals surface area (Å²) in [5.74, 6) is 3.14. The average molecular weight is 349 g/mol. The van der Waals surface area contributed by atoms with E-state index in [1.54, 1.807) is 14.2 Å². The van der Waals surface area contributed by atoms with Gasteiger partial charge in [-0.1, -0.05) is 24.3 Å². The predicted octanol–water partition coefficient (Wildman–Crippen LogP) is 4.64. The summed E-state index contributed by atoms with van der Waals surface area (Å²) in [5, 5.41) is 3.45. The molecule has 134 valence electrons. The lowest BCUT2D eigenvalue weighted by Crippen LogP contribution is -2.09. The smallest absolute Gasteiger partial charge is 0.130 e. The first kappa shape index (κ1) is 17.7. The quantitative estimate of drug-likeness (QED) is 0.702. The van der Waals surface area contributed by atoms with Gasteiger partial charge in [0.25, 0.3) is 0 Å². The van der Waals surface area contributed by atoms with Crippen LogP contribution in [-0.4, -0.2) is 24.2 Å². The first-order chi connectivity index (χ1) is 12.6. The van der Waals surface area contributed by atoms with Crippen LogP contribution in [0.1, 0.15) is 24.4 Å². The number of nitrogens with one attached hydrogen (secondary N) is 1. The largest absolute Gasteiger partial charge is 0.497 e. The Bertz CT molecular complexity index is 896. The molecule has 1 N–H and O–H groups in total. The van der Waals surface area contributed by atoms with Crippen molar-refractivity contribution in [2.75, 3.05) is 19.5 Å². The van der Waals surface area contributed by atoms with Crippen molar-refractivity contribution < 1.29 is 9.47 Å². The number of hydrogen-bond donors (Lipinski definition) is 1. The molecule has 0 spiro atoms. The molecule has 0 aliphatic rings. The fourth-order valence-electron chi connectivity index (χ4n) is 2.79. The van der Waals surface area contributed by atoms with Crippen molar-refractivity contribution in [3.05, 3.63) is 66.0 Å². The normalized spacial score (nSPS) is 11.7. The first-order valence-corrected chi connectivity index (χ1v) is 8.49. The van der Waals surface area contributed by atoms with E-state index >= 15 is 0 Å². The zero-order chi connectivity index (χ0) is 18.5. The maximum atomic E-state index is 5.31. The Morgan fingerprint density at radius 2 is 1.58 bits per heavy atom. The number of aryl methyl sites for hydroxylation is 1. The lowest BCUT2D eigenvalue weighted by Gasteiger charge is -2.17. The maximum absolute atomic E-state index is 5.31. The van der Waals surface area contributed by atoms with Crippen LogP contribution in [0.3, 0.4) is 0 Å². The van der Waals surface area contributed by atoms with E-state index in [-0.39, 0.29) is 6.04 Å². The minimum Gasteiger partial charge on any atom is -0.497 e. The molecular weight excluding hydrogens is 326 g/mol. The topological polar surface area (TPSA) is 56.3 Å². The van der Waals surface area contributed by atoms with Crippen molar-refractivity contribution in [2.45, 2.75) is 19.9 Å². The van der Waals surface area contributed by atoms with E-state index in [2.05, 4.69) is 28.3 Å². The Kier molecular flexibility index (Phi) is 5.37. The van der Waals surface area contributed by atoms with Gasteiger partial charge in [0.1, 0.15) is 23.1 Å². The van der Waals surface area contributed by atoms with Crippen LogP contribution in [0, 0.1) is 6.92 Å². The van der Waals surface area contributed by atoms with Gasteiger partial charge in [0.05, 0.1) is 26.0 Å². The highest BCUT2D eigenvalue weighted by atomic mass is 16.5. The molecule has 1 aromatic heterocycles. The molecule has 0 unspecified atom stereocenters. The zero-order valence-corrected chi connectivity index (χ0v) is 15.5. The monoisotopic (exact) mass is 349 g/mol. The first-order valence-electron chi connectivity index (χ1n) is 8.49. The highest BCUT2D eigenvalue weighted by Crippen LogP contribution is 2.26.